The van der Waals surface area contributed by atoms with Crippen LogP contribution in [-0.4, -0.2) is 4.92 Å². The van der Waals surface area contributed by atoms with Crippen LogP contribution in [0.15, 0.2) is 36.4 Å². The third-order valence-corrected chi connectivity index (χ3v) is 3.96. The normalized spacial score (nSPS) is 10.4. The average Bonchev–Trinajstić information content (AvgIpc) is 2.48. The highest BCUT2D eigenvalue weighted by Gasteiger charge is 2.16. The monoisotopic (exact) mass is 345 g/mol. The fourth-order valence-electron chi connectivity index (χ4n) is 1.72. The second-order valence-electron chi connectivity index (χ2n) is 4.19. The molecule has 0 unspecified atom stereocenters. The first-order valence-corrected chi connectivity index (χ1v) is 7.21. The lowest BCUT2D eigenvalue weighted by atomic mass is 10.2. The summed E-state index contributed by atoms with van der Waals surface area (Å²) in [7, 11) is 0. The molecule has 0 fully saturated rings. The summed E-state index contributed by atoms with van der Waals surface area (Å²) in [6.07, 6.45) is 0. The first kappa shape index (κ1) is 15.9. The van der Waals surface area contributed by atoms with Crippen LogP contribution in [0.25, 0.3) is 0 Å². The van der Waals surface area contributed by atoms with Crippen LogP contribution in [0.1, 0.15) is 11.1 Å². The van der Waals surface area contributed by atoms with Gasteiger partial charge in [0.2, 0.25) is 0 Å². The zero-order chi connectivity index (χ0) is 15.4. The molecule has 0 atom stereocenters. The predicted molar refractivity (Wildman–Crippen MR) is 83.4 cm³/mol. The van der Waals surface area contributed by atoms with Crippen LogP contribution < -0.4 is 4.74 Å². The Balaban J connectivity index is 2.26. The average molecular weight is 347 g/mol. The van der Waals surface area contributed by atoms with E-state index in [0.29, 0.717) is 15.6 Å². The molecule has 0 bridgehead atoms. The molecule has 2 aromatic rings. The van der Waals surface area contributed by atoms with Gasteiger partial charge in [0, 0.05) is 17.5 Å². The van der Waals surface area contributed by atoms with E-state index in [2.05, 4.69) is 0 Å². The minimum atomic E-state index is -0.507. The van der Waals surface area contributed by atoms with Gasteiger partial charge in [0.05, 0.1) is 15.0 Å². The van der Waals surface area contributed by atoms with Crippen LogP contribution in [0.3, 0.4) is 0 Å². The Morgan fingerprint density at radius 1 is 1.19 bits per heavy atom. The quantitative estimate of drug-likeness (QED) is 0.424. The van der Waals surface area contributed by atoms with E-state index >= 15 is 0 Å². The van der Waals surface area contributed by atoms with Crippen molar-refractivity contribution in [1.82, 2.24) is 0 Å². The summed E-state index contributed by atoms with van der Waals surface area (Å²) >= 11 is 17.7. The zero-order valence-electron chi connectivity index (χ0n) is 10.7. The van der Waals surface area contributed by atoms with Gasteiger partial charge >= 0.3 is 5.69 Å². The van der Waals surface area contributed by atoms with Gasteiger partial charge < -0.3 is 4.74 Å². The van der Waals surface area contributed by atoms with Gasteiger partial charge in [0.25, 0.3) is 0 Å². The largest absolute Gasteiger partial charge is 0.482 e. The standard InChI is InChI=1S/C14H10Cl3NO3/c15-7-9-4-5-12(18(19)20)13(6-9)21-8-10-2-1-3-11(16)14(10)17/h1-6H,7-8H2. The van der Waals surface area contributed by atoms with Crippen molar-refractivity contribution in [3.8, 4) is 5.75 Å². The predicted octanol–water partition coefficient (Wildman–Crippen LogP) is 5.22. The molecule has 0 saturated carbocycles. The molecule has 0 aromatic heterocycles. The van der Waals surface area contributed by atoms with E-state index in [9.17, 15) is 10.1 Å². The van der Waals surface area contributed by atoms with Gasteiger partial charge in [-0.1, -0.05) is 41.4 Å². The van der Waals surface area contributed by atoms with Gasteiger partial charge in [0.15, 0.2) is 5.75 Å². The maximum atomic E-state index is 11.0. The smallest absolute Gasteiger partial charge is 0.310 e. The van der Waals surface area contributed by atoms with Crippen LogP contribution in [0.2, 0.25) is 10.0 Å². The number of alkyl halides is 1. The Kier molecular flexibility index (Phi) is 5.28. The van der Waals surface area contributed by atoms with E-state index < -0.39 is 4.92 Å². The molecule has 0 aliphatic carbocycles. The van der Waals surface area contributed by atoms with Crippen molar-refractivity contribution in [2.45, 2.75) is 12.5 Å². The SMILES string of the molecule is O=[N+]([O-])c1ccc(CCl)cc1OCc1cccc(Cl)c1Cl. The first-order valence-electron chi connectivity index (χ1n) is 5.92. The number of nitrogens with zero attached hydrogens (tertiary/aromatic N) is 1. The highest BCUT2D eigenvalue weighted by atomic mass is 35.5. The Labute approximate surface area is 136 Å². The summed E-state index contributed by atoms with van der Waals surface area (Å²) < 4.78 is 5.52. The number of ether oxygens (including phenoxy) is 1. The molecule has 21 heavy (non-hydrogen) atoms. The van der Waals surface area contributed by atoms with Crippen LogP contribution in [0, 0.1) is 10.1 Å². The van der Waals surface area contributed by atoms with E-state index in [-0.39, 0.29) is 23.9 Å². The Morgan fingerprint density at radius 2 is 1.95 bits per heavy atom. The maximum absolute atomic E-state index is 11.0. The van der Waals surface area contributed by atoms with Crippen molar-refractivity contribution in [1.29, 1.82) is 0 Å². The molecule has 0 spiro atoms. The lowest BCUT2D eigenvalue weighted by Gasteiger charge is -2.10. The molecule has 0 aliphatic heterocycles. The molecule has 110 valence electrons. The number of nitro benzene ring substituents is 1. The van der Waals surface area contributed by atoms with Gasteiger partial charge in [-0.3, -0.25) is 10.1 Å². The number of rotatable bonds is 5. The molecule has 0 amide bonds. The summed E-state index contributed by atoms with van der Waals surface area (Å²) in [5, 5.41) is 11.8. The lowest BCUT2D eigenvalue weighted by molar-refractivity contribution is -0.386. The second-order valence-corrected chi connectivity index (χ2v) is 5.25. The molecule has 7 heteroatoms. The Morgan fingerprint density at radius 3 is 2.62 bits per heavy atom. The van der Waals surface area contributed by atoms with Crippen molar-refractivity contribution >= 4 is 40.5 Å². The number of benzene rings is 2. The molecule has 4 nitrogen and oxygen atoms in total. The second kappa shape index (κ2) is 6.98. The summed E-state index contributed by atoms with van der Waals surface area (Å²) in [6, 6.07) is 9.63. The zero-order valence-corrected chi connectivity index (χ0v) is 13.0. The van der Waals surface area contributed by atoms with Gasteiger partial charge in [0.1, 0.15) is 6.61 Å². The number of hydrogen-bond acceptors (Lipinski definition) is 3. The lowest BCUT2D eigenvalue weighted by Crippen LogP contribution is -2.00. The summed E-state index contributed by atoms with van der Waals surface area (Å²) in [6.45, 7) is 0.0754. The Hall–Kier alpha value is -1.49. The van der Waals surface area contributed by atoms with Gasteiger partial charge in [-0.05, 0) is 17.7 Å². The van der Waals surface area contributed by atoms with Crippen molar-refractivity contribution in [3.05, 3.63) is 67.7 Å². The number of nitro groups is 1. The molecular formula is C14H10Cl3NO3. The highest BCUT2D eigenvalue weighted by Crippen LogP contribution is 2.31. The van der Waals surface area contributed by atoms with Crippen LogP contribution >= 0.6 is 34.8 Å². The van der Waals surface area contributed by atoms with Crippen molar-refractivity contribution < 1.29 is 9.66 Å². The minimum absolute atomic E-state index is 0.0754. The van der Waals surface area contributed by atoms with E-state index in [0.717, 1.165) is 5.56 Å². The fourth-order valence-corrected chi connectivity index (χ4v) is 2.26. The Bertz CT molecular complexity index is 677. The summed E-state index contributed by atoms with van der Waals surface area (Å²) in [5.41, 5.74) is 1.26. The van der Waals surface area contributed by atoms with E-state index in [1.165, 1.54) is 6.07 Å². The van der Waals surface area contributed by atoms with E-state index in [1.807, 2.05) is 0 Å². The van der Waals surface area contributed by atoms with Crippen LogP contribution in [0.5, 0.6) is 5.75 Å². The summed E-state index contributed by atoms with van der Waals surface area (Å²) in [5.74, 6) is 0.390. The topological polar surface area (TPSA) is 52.4 Å². The molecule has 0 heterocycles. The first-order chi connectivity index (χ1) is 10.0. The van der Waals surface area contributed by atoms with E-state index in [4.69, 9.17) is 39.5 Å². The van der Waals surface area contributed by atoms with Crippen molar-refractivity contribution in [3.63, 3.8) is 0 Å². The summed E-state index contributed by atoms with van der Waals surface area (Å²) in [4.78, 5) is 10.5. The van der Waals surface area contributed by atoms with Crippen molar-refractivity contribution in [2.75, 3.05) is 0 Å². The maximum Gasteiger partial charge on any atom is 0.310 e. The highest BCUT2D eigenvalue weighted by molar-refractivity contribution is 6.42. The van der Waals surface area contributed by atoms with Crippen molar-refractivity contribution in [2.24, 2.45) is 0 Å². The fraction of sp³-hybridized carbons (Fsp3) is 0.143. The number of halogens is 3. The third kappa shape index (κ3) is 3.79. The van der Waals surface area contributed by atoms with Crippen LogP contribution in [0.4, 0.5) is 5.69 Å². The molecule has 0 N–H and O–H groups in total. The van der Waals surface area contributed by atoms with Crippen LogP contribution in [-0.2, 0) is 12.5 Å². The van der Waals surface area contributed by atoms with Gasteiger partial charge in [-0.25, -0.2) is 0 Å². The molecule has 0 saturated heterocycles. The van der Waals surface area contributed by atoms with Gasteiger partial charge in [-0.15, -0.1) is 11.6 Å². The molecule has 0 radical (unpaired) electrons. The van der Waals surface area contributed by atoms with Gasteiger partial charge in [-0.2, -0.15) is 0 Å². The molecule has 2 rings (SSSR count). The minimum Gasteiger partial charge on any atom is -0.482 e. The number of hydrogen-bond donors (Lipinski definition) is 0. The molecular weight excluding hydrogens is 337 g/mol. The molecule has 2 aromatic carbocycles. The van der Waals surface area contributed by atoms with E-state index in [1.54, 1.807) is 30.3 Å². The third-order valence-electron chi connectivity index (χ3n) is 2.79. The molecule has 0 aliphatic rings.